The van der Waals surface area contributed by atoms with E-state index >= 15 is 0 Å². The summed E-state index contributed by atoms with van der Waals surface area (Å²) in [7, 11) is -3.49. The fraction of sp³-hybridized carbons (Fsp3) is 0.200. The van der Waals surface area contributed by atoms with Crippen molar-refractivity contribution in [3.05, 3.63) is 89.5 Å². The fourth-order valence-electron chi connectivity index (χ4n) is 4.67. The van der Waals surface area contributed by atoms with Crippen molar-refractivity contribution in [3.63, 3.8) is 0 Å². The summed E-state index contributed by atoms with van der Waals surface area (Å²) in [5.41, 5.74) is 8.76. The van der Waals surface area contributed by atoms with Crippen LogP contribution in [0.5, 0.6) is 0 Å². The van der Waals surface area contributed by atoms with Crippen LogP contribution in [0.4, 0.5) is 0 Å². The molecule has 1 aliphatic rings. The molecular formula is C25H23NO2S. The van der Waals surface area contributed by atoms with E-state index < -0.39 is 15.1 Å². The van der Waals surface area contributed by atoms with E-state index in [0.717, 1.165) is 40.3 Å². The number of sulfone groups is 1. The second-order valence-corrected chi connectivity index (χ2v) is 9.92. The minimum Gasteiger partial charge on any atom is -0.326 e. The van der Waals surface area contributed by atoms with Gasteiger partial charge in [-0.25, -0.2) is 8.42 Å². The topological polar surface area (TPSA) is 60.2 Å². The molecule has 1 unspecified atom stereocenters. The number of benzene rings is 4. The van der Waals surface area contributed by atoms with Crippen LogP contribution in [0.1, 0.15) is 34.8 Å². The molecule has 0 aliphatic heterocycles. The van der Waals surface area contributed by atoms with Gasteiger partial charge in [-0.1, -0.05) is 60.7 Å². The highest BCUT2D eigenvalue weighted by atomic mass is 32.2. The van der Waals surface area contributed by atoms with Crippen LogP contribution >= 0.6 is 0 Å². The summed E-state index contributed by atoms with van der Waals surface area (Å²) in [6.07, 6.45) is 2.47. The first-order valence-electron chi connectivity index (χ1n) is 10.1. The molecule has 0 heterocycles. The number of rotatable bonds is 3. The van der Waals surface area contributed by atoms with E-state index in [1.165, 1.54) is 10.8 Å². The minimum atomic E-state index is -3.49. The summed E-state index contributed by atoms with van der Waals surface area (Å²) in [6, 6.07) is 23.8. The van der Waals surface area contributed by atoms with Crippen LogP contribution in [-0.2, 0) is 22.8 Å². The molecule has 0 radical (unpaired) electrons. The highest BCUT2D eigenvalue weighted by Gasteiger charge is 2.34. The second-order valence-electron chi connectivity index (χ2n) is 7.79. The molecule has 5 rings (SSSR count). The van der Waals surface area contributed by atoms with E-state index in [2.05, 4.69) is 36.4 Å². The van der Waals surface area contributed by atoms with Crippen molar-refractivity contribution in [1.29, 1.82) is 0 Å². The third-order valence-electron chi connectivity index (χ3n) is 6.15. The third-order valence-corrected chi connectivity index (χ3v) is 8.30. The number of fused-ring (bicyclic) bond motifs is 5. The van der Waals surface area contributed by atoms with Crippen LogP contribution in [-0.4, -0.2) is 8.42 Å². The Kier molecular flexibility index (Phi) is 4.41. The van der Waals surface area contributed by atoms with Gasteiger partial charge in [0.25, 0.3) is 0 Å². The Morgan fingerprint density at radius 3 is 2.38 bits per heavy atom. The molecule has 1 atom stereocenters. The molecule has 146 valence electrons. The maximum absolute atomic E-state index is 13.6. The lowest BCUT2D eigenvalue weighted by Gasteiger charge is -2.27. The van der Waals surface area contributed by atoms with Gasteiger partial charge in [-0.3, -0.25) is 0 Å². The Morgan fingerprint density at radius 1 is 0.828 bits per heavy atom. The summed E-state index contributed by atoms with van der Waals surface area (Å²) in [5.74, 6) is 0. The molecule has 4 aromatic rings. The Balaban J connectivity index is 1.73. The Labute approximate surface area is 171 Å². The molecule has 0 aromatic heterocycles. The van der Waals surface area contributed by atoms with Crippen molar-refractivity contribution in [1.82, 2.24) is 0 Å². The van der Waals surface area contributed by atoms with Gasteiger partial charge < -0.3 is 5.73 Å². The summed E-state index contributed by atoms with van der Waals surface area (Å²) >= 11 is 0. The monoisotopic (exact) mass is 401 g/mol. The lowest BCUT2D eigenvalue weighted by atomic mass is 9.86. The van der Waals surface area contributed by atoms with E-state index in [-0.39, 0.29) is 0 Å². The van der Waals surface area contributed by atoms with Crippen molar-refractivity contribution in [2.24, 2.45) is 5.73 Å². The molecule has 4 aromatic carbocycles. The Morgan fingerprint density at radius 2 is 1.59 bits per heavy atom. The highest BCUT2D eigenvalue weighted by Crippen LogP contribution is 2.43. The molecule has 0 saturated heterocycles. The van der Waals surface area contributed by atoms with Gasteiger partial charge in [-0.05, 0) is 69.6 Å². The number of aryl methyl sites for hydroxylation is 1. The largest absolute Gasteiger partial charge is 0.326 e. The quantitative estimate of drug-likeness (QED) is 0.474. The zero-order chi connectivity index (χ0) is 20.0. The maximum atomic E-state index is 13.6. The van der Waals surface area contributed by atoms with E-state index in [9.17, 15) is 8.42 Å². The Bertz CT molecular complexity index is 1320. The summed E-state index contributed by atoms with van der Waals surface area (Å²) in [6.45, 7) is 0.407. The molecule has 3 nitrogen and oxygen atoms in total. The smallest absolute Gasteiger partial charge is 0.185 e. The first-order chi connectivity index (χ1) is 14.1. The number of nitrogens with two attached hydrogens (primary N) is 1. The van der Waals surface area contributed by atoms with Crippen LogP contribution in [0.25, 0.3) is 21.5 Å². The standard InChI is InChI=1S/C25H23NO2S/c26-16-17-8-12-20(13-9-17)29(27,28)24-7-3-5-19-11-14-22-21-6-2-1-4-18(21)10-15-23(22)25(19)24/h1-2,4,6,8-15,24H,3,5,7,16,26H2. The van der Waals surface area contributed by atoms with Crippen molar-refractivity contribution in [2.45, 2.75) is 36.0 Å². The van der Waals surface area contributed by atoms with Crippen molar-refractivity contribution < 1.29 is 8.42 Å². The molecule has 29 heavy (non-hydrogen) atoms. The average Bonchev–Trinajstić information content (AvgIpc) is 2.78. The number of hydrogen-bond donors (Lipinski definition) is 1. The first kappa shape index (κ1) is 18.3. The predicted octanol–water partition coefficient (Wildman–Crippen LogP) is 5.30. The second kappa shape index (κ2) is 6.97. The summed E-state index contributed by atoms with van der Waals surface area (Å²) < 4.78 is 27.3. The Hall–Kier alpha value is -2.69. The van der Waals surface area contributed by atoms with Gasteiger partial charge in [0.1, 0.15) is 0 Å². The summed E-state index contributed by atoms with van der Waals surface area (Å²) in [5, 5.41) is 4.02. The zero-order valence-electron chi connectivity index (χ0n) is 16.1. The van der Waals surface area contributed by atoms with Gasteiger partial charge in [0.05, 0.1) is 10.1 Å². The SMILES string of the molecule is NCc1ccc(S(=O)(=O)C2CCCc3ccc4c(ccc5ccccc54)c32)cc1. The normalized spacial score (nSPS) is 16.8. The van der Waals surface area contributed by atoms with Crippen LogP contribution in [0.3, 0.4) is 0 Å². The summed E-state index contributed by atoms with van der Waals surface area (Å²) in [4.78, 5) is 0.380. The average molecular weight is 402 g/mol. The van der Waals surface area contributed by atoms with E-state index in [0.29, 0.717) is 17.9 Å². The predicted molar refractivity (Wildman–Crippen MR) is 119 cm³/mol. The first-order valence-corrected chi connectivity index (χ1v) is 11.6. The van der Waals surface area contributed by atoms with Crippen LogP contribution in [0, 0.1) is 0 Å². The molecular weight excluding hydrogens is 378 g/mol. The van der Waals surface area contributed by atoms with Gasteiger partial charge in [0.2, 0.25) is 0 Å². The molecule has 2 N–H and O–H groups in total. The molecule has 0 bridgehead atoms. The maximum Gasteiger partial charge on any atom is 0.185 e. The van der Waals surface area contributed by atoms with Gasteiger partial charge in [0, 0.05) is 6.54 Å². The fourth-order valence-corrected chi connectivity index (χ4v) is 6.58. The highest BCUT2D eigenvalue weighted by molar-refractivity contribution is 7.91. The molecule has 1 aliphatic carbocycles. The van der Waals surface area contributed by atoms with E-state index in [1.807, 2.05) is 24.3 Å². The van der Waals surface area contributed by atoms with E-state index in [4.69, 9.17) is 5.73 Å². The minimum absolute atomic E-state index is 0.380. The molecule has 0 saturated carbocycles. The lowest BCUT2D eigenvalue weighted by Crippen LogP contribution is -2.20. The van der Waals surface area contributed by atoms with Crippen molar-refractivity contribution in [2.75, 3.05) is 0 Å². The van der Waals surface area contributed by atoms with E-state index in [1.54, 1.807) is 12.1 Å². The van der Waals surface area contributed by atoms with Crippen LogP contribution in [0.2, 0.25) is 0 Å². The molecule has 4 heteroatoms. The third kappa shape index (κ3) is 2.95. The van der Waals surface area contributed by atoms with Crippen LogP contribution in [0.15, 0.2) is 77.7 Å². The van der Waals surface area contributed by atoms with Gasteiger partial charge in [0.15, 0.2) is 9.84 Å². The van der Waals surface area contributed by atoms with Gasteiger partial charge >= 0.3 is 0 Å². The molecule has 0 amide bonds. The van der Waals surface area contributed by atoms with Crippen LogP contribution < -0.4 is 5.73 Å². The molecule has 0 fully saturated rings. The number of hydrogen-bond acceptors (Lipinski definition) is 3. The van der Waals surface area contributed by atoms with Gasteiger partial charge in [-0.15, -0.1) is 0 Å². The van der Waals surface area contributed by atoms with Crippen molar-refractivity contribution >= 4 is 31.4 Å². The van der Waals surface area contributed by atoms with Gasteiger partial charge in [-0.2, -0.15) is 0 Å². The lowest BCUT2D eigenvalue weighted by molar-refractivity contribution is 0.561. The zero-order valence-corrected chi connectivity index (χ0v) is 17.0. The molecule has 0 spiro atoms. The van der Waals surface area contributed by atoms with Crippen molar-refractivity contribution in [3.8, 4) is 0 Å².